The molecule has 0 aliphatic carbocycles. The predicted octanol–water partition coefficient (Wildman–Crippen LogP) is -0.310. The van der Waals surface area contributed by atoms with E-state index in [0.29, 0.717) is 0 Å². The van der Waals surface area contributed by atoms with Crippen LogP contribution >= 0.6 is 0 Å². The molecule has 1 saturated heterocycles. The second-order valence-electron chi connectivity index (χ2n) is 6.86. The van der Waals surface area contributed by atoms with Gasteiger partial charge < -0.3 is 24.7 Å². The number of anilines is 1. The quantitative estimate of drug-likeness (QED) is 0.463. The van der Waals surface area contributed by atoms with Crippen LogP contribution in [-0.4, -0.2) is 67.6 Å². The van der Waals surface area contributed by atoms with Crippen molar-refractivity contribution in [3.8, 4) is 0 Å². The van der Waals surface area contributed by atoms with Crippen LogP contribution in [0.1, 0.15) is 33.9 Å². The van der Waals surface area contributed by atoms with E-state index in [0.717, 1.165) is 20.8 Å². The van der Waals surface area contributed by atoms with Gasteiger partial charge in [-0.05, 0) is 6.92 Å². The zero-order valence-electron chi connectivity index (χ0n) is 17.2. The van der Waals surface area contributed by atoms with Crippen molar-refractivity contribution in [2.24, 2.45) is 0 Å². The third kappa shape index (κ3) is 4.45. The summed E-state index contributed by atoms with van der Waals surface area (Å²) in [7, 11) is 0. The molecule has 1 aliphatic rings. The molecule has 1 aliphatic heterocycles. The van der Waals surface area contributed by atoms with E-state index in [1.54, 1.807) is 0 Å². The lowest BCUT2D eigenvalue weighted by Gasteiger charge is -2.26. The van der Waals surface area contributed by atoms with Gasteiger partial charge in [-0.15, -0.1) is 0 Å². The van der Waals surface area contributed by atoms with Gasteiger partial charge in [0.1, 0.15) is 17.9 Å². The Balaban J connectivity index is 2.11. The first-order valence-corrected chi connectivity index (χ1v) is 9.20. The largest absolute Gasteiger partial charge is 0.455 e. The average Bonchev–Trinajstić information content (AvgIpc) is 3.22. The minimum atomic E-state index is -1.42. The van der Waals surface area contributed by atoms with Gasteiger partial charge in [0.2, 0.25) is 0 Å². The molecule has 0 amide bonds. The summed E-state index contributed by atoms with van der Waals surface area (Å²) in [6, 6.07) is 0. The summed E-state index contributed by atoms with van der Waals surface area (Å²) in [6.45, 7) is 4.62. The average molecular weight is 435 g/mol. The van der Waals surface area contributed by atoms with Crippen LogP contribution in [0.2, 0.25) is 0 Å². The Bertz CT molecular complexity index is 1040. The topological polar surface area (TPSA) is 175 Å². The third-order valence-corrected chi connectivity index (χ3v) is 4.48. The summed E-state index contributed by atoms with van der Waals surface area (Å²) in [5.74, 6) is -2.60. The second kappa shape index (κ2) is 8.63. The van der Waals surface area contributed by atoms with Gasteiger partial charge in [-0.1, -0.05) is 0 Å². The number of hydrogen-bond acceptors (Lipinski definition) is 12. The number of ether oxygens (including phenoxy) is 4. The van der Waals surface area contributed by atoms with E-state index in [2.05, 4.69) is 15.0 Å². The number of nitrogens with two attached hydrogens (primary N) is 1. The normalized spacial score (nSPS) is 23.9. The minimum Gasteiger partial charge on any atom is -0.455 e. The minimum absolute atomic E-state index is 0.111. The van der Waals surface area contributed by atoms with Gasteiger partial charge in [0.25, 0.3) is 0 Å². The summed E-state index contributed by atoms with van der Waals surface area (Å²) in [6.07, 6.45) is -3.75. The maximum atomic E-state index is 12.2. The Kier molecular flexibility index (Phi) is 6.15. The van der Waals surface area contributed by atoms with Gasteiger partial charge in [-0.3, -0.25) is 23.7 Å². The van der Waals surface area contributed by atoms with Crippen molar-refractivity contribution < 1.29 is 38.1 Å². The summed E-state index contributed by atoms with van der Waals surface area (Å²) >= 11 is 0. The summed E-state index contributed by atoms with van der Waals surface area (Å²) in [4.78, 5) is 59.5. The van der Waals surface area contributed by atoms with Crippen molar-refractivity contribution in [3.05, 3.63) is 12.7 Å². The molecule has 0 aromatic carbocycles. The van der Waals surface area contributed by atoms with Crippen molar-refractivity contribution in [2.75, 3.05) is 5.73 Å². The van der Waals surface area contributed by atoms with Gasteiger partial charge in [0, 0.05) is 20.8 Å². The number of rotatable bonds is 6. The third-order valence-electron chi connectivity index (χ3n) is 4.48. The van der Waals surface area contributed by atoms with Gasteiger partial charge in [0.05, 0.1) is 6.33 Å². The number of hydrogen-bond donors (Lipinski definition) is 1. The molecule has 31 heavy (non-hydrogen) atoms. The van der Waals surface area contributed by atoms with Crippen LogP contribution in [-0.2, 0) is 38.1 Å². The molecule has 2 N–H and O–H groups in total. The maximum Gasteiger partial charge on any atom is 0.303 e. The second-order valence-corrected chi connectivity index (χ2v) is 6.86. The summed E-state index contributed by atoms with van der Waals surface area (Å²) in [5, 5.41) is 0. The van der Waals surface area contributed by atoms with Crippen molar-refractivity contribution in [1.29, 1.82) is 0 Å². The van der Waals surface area contributed by atoms with Crippen LogP contribution in [0.4, 0.5) is 5.82 Å². The first-order chi connectivity index (χ1) is 14.6. The molecular weight excluding hydrogens is 414 g/mol. The van der Waals surface area contributed by atoms with Crippen molar-refractivity contribution in [1.82, 2.24) is 19.5 Å². The maximum absolute atomic E-state index is 12.2. The van der Waals surface area contributed by atoms with Crippen molar-refractivity contribution in [3.63, 3.8) is 0 Å². The molecule has 13 nitrogen and oxygen atoms in total. The highest BCUT2D eigenvalue weighted by atomic mass is 16.7. The van der Waals surface area contributed by atoms with Gasteiger partial charge >= 0.3 is 17.9 Å². The Hall–Kier alpha value is -3.61. The number of nitrogen functional groups attached to an aromatic ring is 1. The number of Topliss-reactive ketones (excluding diaryl/α,β-unsaturated/α-hetero) is 1. The molecule has 0 spiro atoms. The molecule has 13 heteroatoms. The number of carbonyl (C=O) groups is 4. The highest BCUT2D eigenvalue weighted by Gasteiger charge is 2.55. The zero-order valence-corrected chi connectivity index (χ0v) is 17.2. The van der Waals surface area contributed by atoms with Crippen LogP contribution in [0.15, 0.2) is 12.7 Å². The Morgan fingerprint density at radius 2 is 1.65 bits per heavy atom. The lowest BCUT2D eigenvalue weighted by atomic mass is 10.0. The fraction of sp³-hybridized carbons (Fsp3) is 0.500. The van der Waals surface area contributed by atoms with E-state index < -0.39 is 54.3 Å². The zero-order chi connectivity index (χ0) is 22.9. The van der Waals surface area contributed by atoms with Gasteiger partial charge in [-0.2, -0.15) is 0 Å². The summed E-state index contributed by atoms with van der Waals surface area (Å²) < 4.78 is 23.2. The van der Waals surface area contributed by atoms with Crippen LogP contribution in [0.3, 0.4) is 0 Å². The molecule has 0 radical (unpaired) electrons. The Labute approximate surface area is 175 Å². The smallest absolute Gasteiger partial charge is 0.303 e. The number of ketones is 1. The van der Waals surface area contributed by atoms with E-state index in [-0.39, 0.29) is 17.0 Å². The highest BCUT2D eigenvalue weighted by Crippen LogP contribution is 2.38. The standard InChI is InChI=1S/C18H21N5O8/c1-7(24)12(28-8(2)25)13-14(29-9(3)26)15(30-10(4)27)18(31-13)23-6-22-11-16(19)20-5-21-17(11)23/h5-6,12-15,18H,1-4H3,(H2,19,20,21)/t12?,13-,14-,15-,18-/m1/s1. The van der Waals surface area contributed by atoms with Crippen molar-refractivity contribution in [2.45, 2.75) is 58.3 Å². The molecule has 5 atom stereocenters. The fourth-order valence-electron chi connectivity index (χ4n) is 3.39. The fourth-order valence-corrected chi connectivity index (χ4v) is 3.39. The first-order valence-electron chi connectivity index (χ1n) is 9.20. The molecule has 0 saturated carbocycles. The van der Waals surface area contributed by atoms with Crippen LogP contribution < -0.4 is 5.73 Å². The van der Waals surface area contributed by atoms with Crippen LogP contribution in [0.25, 0.3) is 11.2 Å². The molecule has 166 valence electrons. The van der Waals surface area contributed by atoms with E-state index in [1.807, 2.05) is 0 Å². The van der Waals surface area contributed by atoms with Crippen molar-refractivity contribution >= 4 is 40.7 Å². The molecule has 3 heterocycles. The lowest BCUT2D eigenvalue weighted by Crippen LogP contribution is -2.47. The number of imidazole rings is 1. The van der Waals surface area contributed by atoms with Crippen LogP contribution in [0, 0.1) is 0 Å². The highest BCUT2D eigenvalue weighted by molar-refractivity contribution is 5.84. The van der Waals surface area contributed by atoms with E-state index in [9.17, 15) is 19.2 Å². The molecule has 1 fully saturated rings. The summed E-state index contributed by atoms with van der Waals surface area (Å²) in [5.41, 5.74) is 6.34. The van der Waals surface area contributed by atoms with Crippen LogP contribution in [0.5, 0.6) is 0 Å². The molecule has 0 bridgehead atoms. The van der Waals surface area contributed by atoms with E-state index in [4.69, 9.17) is 24.7 Å². The Morgan fingerprint density at radius 1 is 1.00 bits per heavy atom. The number of carbonyl (C=O) groups excluding carboxylic acids is 4. The number of nitrogens with zero attached hydrogens (tertiary/aromatic N) is 4. The molecule has 3 rings (SSSR count). The number of fused-ring (bicyclic) bond motifs is 1. The number of esters is 3. The Morgan fingerprint density at radius 3 is 2.23 bits per heavy atom. The SMILES string of the molecule is CC(=O)OC(C(C)=O)[C@H]1O[C@@H](n2cnc3c(N)ncnc32)[C@H](OC(C)=O)[C@@H]1OC(C)=O. The molecule has 2 aromatic rings. The van der Waals surface area contributed by atoms with Gasteiger partial charge in [-0.25, -0.2) is 15.0 Å². The van der Waals surface area contributed by atoms with Gasteiger partial charge in [0.15, 0.2) is 41.8 Å². The molecular formula is C18H21N5O8. The van der Waals surface area contributed by atoms with E-state index >= 15 is 0 Å². The first kappa shape index (κ1) is 22.1. The van der Waals surface area contributed by atoms with E-state index in [1.165, 1.54) is 24.1 Å². The number of aromatic nitrogens is 4. The molecule has 1 unspecified atom stereocenters. The lowest BCUT2D eigenvalue weighted by molar-refractivity contribution is -0.173. The predicted molar refractivity (Wildman–Crippen MR) is 101 cm³/mol. The molecule has 2 aromatic heterocycles. The monoisotopic (exact) mass is 435 g/mol.